The van der Waals surface area contributed by atoms with E-state index < -0.39 is 11.6 Å². The molecule has 5 heteroatoms. The zero-order chi connectivity index (χ0) is 12.3. The average molecular weight is 240 g/mol. The van der Waals surface area contributed by atoms with Gasteiger partial charge in [0.15, 0.2) is 0 Å². The van der Waals surface area contributed by atoms with Gasteiger partial charge in [-0.15, -0.1) is 0 Å². The third kappa shape index (κ3) is 3.49. The number of hydrogen-bond acceptors (Lipinski definition) is 2. The maximum Gasteiger partial charge on any atom is 0.225 e. The average Bonchev–Trinajstić information content (AvgIpc) is 2.67. The summed E-state index contributed by atoms with van der Waals surface area (Å²) in [6.45, 7) is 0.923. The number of nitrogens with one attached hydrogen (secondary N) is 2. The van der Waals surface area contributed by atoms with Gasteiger partial charge in [-0.3, -0.25) is 4.79 Å². The third-order valence-corrected chi connectivity index (χ3v) is 2.74. The van der Waals surface area contributed by atoms with Crippen molar-refractivity contribution >= 4 is 11.6 Å². The van der Waals surface area contributed by atoms with Crippen molar-refractivity contribution in [1.29, 1.82) is 0 Å². The number of hydrogen-bond donors (Lipinski definition) is 2. The van der Waals surface area contributed by atoms with Crippen LogP contribution in [0, 0.1) is 11.6 Å². The van der Waals surface area contributed by atoms with E-state index in [1.807, 2.05) is 0 Å². The van der Waals surface area contributed by atoms with Gasteiger partial charge in [0.25, 0.3) is 0 Å². The number of halogens is 2. The van der Waals surface area contributed by atoms with Gasteiger partial charge >= 0.3 is 0 Å². The number of anilines is 1. The Hall–Kier alpha value is -1.49. The largest absolute Gasteiger partial charge is 0.326 e. The molecule has 1 unspecified atom stereocenters. The predicted molar refractivity (Wildman–Crippen MR) is 60.6 cm³/mol. The molecule has 1 aromatic carbocycles. The standard InChI is InChI=1S/C12H14F2N2O/c13-8-4-9(14)6-11(5-8)16-12(17)7-10-2-1-3-15-10/h4-6,10,15H,1-3,7H2,(H,16,17). The topological polar surface area (TPSA) is 41.1 Å². The summed E-state index contributed by atoms with van der Waals surface area (Å²) in [4.78, 5) is 11.6. The molecule has 2 rings (SSSR count). The normalized spacial score (nSPS) is 19.3. The third-order valence-electron chi connectivity index (χ3n) is 2.74. The summed E-state index contributed by atoms with van der Waals surface area (Å²) in [5, 5.41) is 5.68. The molecule has 0 spiro atoms. The van der Waals surface area contributed by atoms with E-state index in [0.717, 1.165) is 37.6 Å². The van der Waals surface area contributed by atoms with Gasteiger partial charge in [-0.1, -0.05) is 0 Å². The highest BCUT2D eigenvalue weighted by Crippen LogP contribution is 2.14. The fraction of sp³-hybridized carbons (Fsp3) is 0.417. The number of benzene rings is 1. The molecule has 0 saturated carbocycles. The van der Waals surface area contributed by atoms with Crippen LogP contribution < -0.4 is 10.6 Å². The minimum absolute atomic E-state index is 0.158. The first-order valence-corrected chi connectivity index (χ1v) is 5.63. The minimum atomic E-state index is -0.695. The van der Waals surface area contributed by atoms with Crippen LogP contribution in [0.4, 0.5) is 14.5 Å². The Bertz CT molecular complexity index is 397. The lowest BCUT2D eigenvalue weighted by Crippen LogP contribution is -2.27. The van der Waals surface area contributed by atoms with Crippen LogP contribution in [0.15, 0.2) is 18.2 Å². The molecule has 3 nitrogen and oxygen atoms in total. The van der Waals surface area contributed by atoms with Gasteiger partial charge in [0.05, 0.1) is 0 Å². The molecule has 1 heterocycles. The van der Waals surface area contributed by atoms with Gasteiger partial charge in [-0.25, -0.2) is 8.78 Å². The van der Waals surface area contributed by atoms with Crippen LogP contribution in [0.3, 0.4) is 0 Å². The number of rotatable bonds is 3. The molecule has 0 aliphatic carbocycles. The SMILES string of the molecule is O=C(CC1CCCN1)Nc1cc(F)cc(F)c1. The maximum absolute atomic E-state index is 12.9. The molecule has 0 bridgehead atoms. The fourth-order valence-corrected chi connectivity index (χ4v) is 1.99. The number of carbonyl (C=O) groups is 1. The molecule has 1 saturated heterocycles. The molecule has 0 radical (unpaired) electrons. The van der Waals surface area contributed by atoms with E-state index in [-0.39, 0.29) is 17.6 Å². The number of amides is 1. The molecular weight excluding hydrogens is 226 g/mol. The van der Waals surface area contributed by atoms with Crippen molar-refractivity contribution < 1.29 is 13.6 Å². The van der Waals surface area contributed by atoms with Gasteiger partial charge in [-0.05, 0) is 31.5 Å². The molecule has 1 atom stereocenters. The van der Waals surface area contributed by atoms with Crippen LogP contribution in [0.1, 0.15) is 19.3 Å². The highest BCUT2D eigenvalue weighted by molar-refractivity contribution is 5.91. The van der Waals surface area contributed by atoms with Gasteiger partial charge in [0.1, 0.15) is 11.6 Å². The molecule has 1 amide bonds. The summed E-state index contributed by atoms with van der Waals surface area (Å²) in [5.74, 6) is -1.62. The van der Waals surface area contributed by atoms with Crippen LogP contribution in [-0.4, -0.2) is 18.5 Å². The zero-order valence-corrected chi connectivity index (χ0v) is 9.30. The molecule has 1 aliphatic rings. The van der Waals surface area contributed by atoms with E-state index in [2.05, 4.69) is 10.6 Å². The second kappa shape index (κ2) is 5.23. The van der Waals surface area contributed by atoms with E-state index >= 15 is 0 Å². The van der Waals surface area contributed by atoms with Crippen molar-refractivity contribution in [3.05, 3.63) is 29.8 Å². The monoisotopic (exact) mass is 240 g/mol. The first-order valence-electron chi connectivity index (χ1n) is 5.63. The Morgan fingerprint density at radius 3 is 2.65 bits per heavy atom. The lowest BCUT2D eigenvalue weighted by Gasteiger charge is -2.10. The van der Waals surface area contributed by atoms with Gasteiger partial charge in [0.2, 0.25) is 5.91 Å². The summed E-state index contributed by atoms with van der Waals surface area (Å²) in [6, 6.07) is 3.15. The Morgan fingerprint density at radius 1 is 1.35 bits per heavy atom. The van der Waals surface area contributed by atoms with Crippen LogP contribution in [0.5, 0.6) is 0 Å². The summed E-state index contributed by atoms with van der Waals surface area (Å²) < 4.78 is 25.8. The molecule has 1 aromatic rings. The predicted octanol–water partition coefficient (Wildman–Crippen LogP) is 2.05. The maximum atomic E-state index is 12.9. The Labute approximate surface area is 98.2 Å². The van der Waals surface area contributed by atoms with Crippen molar-refractivity contribution in [2.45, 2.75) is 25.3 Å². The Morgan fingerprint density at radius 2 is 2.06 bits per heavy atom. The molecular formula is C12H14F2N2O. The molecule has 1 fully saturated rings. The smallest absolute Gasteiger partial charge is 0.225 e. The van der Waals surface area contributed by atoms with Crippen molar-refractivity contribution in [3.8, 4) is 0 Å². The van der Waals surface area contributed by atoms with Crippen LogP contribution in [-0.2, 0) is 4.79 Å². The van der Waals surface area contributed by atoms with Crippen molar-refractivity contribution in [2.75, 3.05) is 11.9 Å². The zero-order valence-electron chi connectivity index (χ0n) is 9.30. The van der Waals surface area contributed by atoms with E-state index in [9.17, 15) is 13.6 Å². The first-order chi connectivity index (χ1) is 8.13. The highest BCUT2D eigenvalue weighted by atomic mass is 19.1. The fourth-order valence-electron chi connectivity index (χ4n) is 1.99. The van der Waals surface area contributed by atoms with Crippen LogP contribution in [0.25, 0.3) is 0 Å². The highest BCUT2D eigenvalue weighted by Gasteiger charge is 2.17. The quantitative estimate of drug-likeness (QED) is 0.849. The molecule has 0 aromatic heterocycles. The summed E-state index contributed by atoms with van der Waals surface area (Å²) in [7, 11) is 0. The van der Waals surface area contributed by atoms with Crippen molar-refractivity contribution in [3.63, 3.8) is 0 Å². The van der Waals surface area contributed by atoms with E-state index in [0.29, 0.717) is 6.42 Å². The summed E-state index contributed by atoms with van der Waals surface area (Å²) >= 11 is 0. The molecule has 1 aliphatic heterocycles. The second-order valence-electron chi connectivity index (χ2n) is 4.20. The van der Waals surface area contributed by atoms with Crippen LogP contribution in [0.2, 0.25) is 0 Å². The van der Waals surface area contributed by atoms with E-state index in [1.54, 1.807) is 0 Å². The van der Waals surface area contributed by atoms with E-state index in [4.69, 9.17) is 0 Å². The molecule has 92 valence electrons. The Balaban J connectivity index is 1.92. The van der Waals surface area contributed by atoms with Gasteiger partial charge in [0, 0.05) is 24.2 Å². The van der Waals surface area contributed by atoms with Gasteiger partial charge < -0.3 is 10.6 Å². The summed E-state index contributed by atoms with van der Waals surface area (Å²) in [6.07, 6.45) is 2.36. The van der Waals surface area contributed by atoms with Crippen molar-refractivity contribution in [2.24, 2.45) is 0 Å². The van der Waals surface area contributed by atoms with Crippen LogP contribution >= 0.6 is 0 Å². The van der Waals surface area contributed by atoms with Gasteiger partial charge in [-0.2, -0.15) is 0 Å². The molecule has 17 heavy (non-hydrogen) atoms. The summed E-state index contributed by atoms with van der Waals surface area (Å²) in [5.41, 5.74) is 0.158. The molecule has 2 N–H and O–H groups in total. The lowest BCUT2D eigenvalue weighted by atomic mass is 10.1. The Kier molecular flexibility index (Phi) is 3.68. The van der Waals surface area contributed by atoms with Crippen molar-refractivity contribution in [1.82, 2.24) is 5.32 Å². The minimum Gasteiger partial charge on any atom is -0.326 e. The lowest BCUT2D eigenvalue weighted by molar-refractivity contribution is -0.116. The van der Waals surface area contributed by atoms with E-state index in [1.165, 1.54) is 0 Å². The second-order valence-corrected chi connectivity index (χ2v) is 4.20. The number of carbonyl (C=O) groups excluding carboxylic acids is 1. The first kappa shape index (κ1) is 12.0.